The van der Waals surface area contributed by atoms with Crippen molar-refractivity contribution in [1.82, 2.24) is 19.6 Å². The van der Waals surface area contributed by atoms with E-state index in [4.69, 9.17) is 4.52 Å². The lowest BCUT2D eigenvalue weighted by molar-refractivity contribution is -0.146. The molecule has 0 spiro atoms. The van der Waals surface area contributed by atoms with Gasteiger partial charge < -0.3 is 9.09 Å². The number of nitrogens with zero attached hydrogens (tertiary/aromatic N) is 4. The first kappa shape index (κ1) is 18.2. The van der Waals surface area contributed by atoms with Crippen molar-refractivity contribution in [2.45, 2.75) is 44.8 Å². The van der Waals surface area contributed by atoms with Crippen LogP contribution >= 0.6 is 0 Å². The van der Waals surface area contributed by atoms with E-state index in [0.29, 0.717) is 5.70 Å². The Kier molecular flexibility index (Phi) is 3.62. The standard InChI is InChI=1S/C22H21F3N4O/c1-2-21-9-5-10-28-11-8-14-13-6-3-4-7-15(13)29(17(14)18(21)28)16(12-21)19-26-20(27-30-19)22(23,24)25/h3-4,6-7,12,18H,2,5,8-11H2,1H3/t18?,21-/m0/s1. The van der Waals surface area contributed by atoms with E-state index < -0.39 is 12.0 Å². The highest BCUT2D eigenvalue weighted by Gasteiger charge is 2.51. The fraction of sp³-hybridized carbons (Fsp3) is 0.455. The van der Waals surface area contributed by atoms with Crippen molar-refractivity contribution in [3.63, 3.8) is 0 Å². The molecule has 2 atom stereocenters. The molecular formula is C22H21F3N4O. The Morgan fingerprint density at radius 1 is 1.23 bits per heavy atom. The molecule has 8 heteroatoms. The van der Waals surface area contributed by atoms with Crippen molar-refractivity contribution in [3.8, 4) is 0 Å². The Hall–Kier alpha value is -2.61. The molecule has 30 heavy (non-hydrogen) atoms. The second-order valence-electron chi connectivity index (χ2n) is 8.55. The maximum atomic E-state index is 13.2. The summed E-state index contributed by atoms with van der Waals surface area (Å²) in [5.41, 5.74) is 3.90. The first-order valence-electron chi connectivity index (χ1n) is 10.4. The molecule has 3 aliphatic heterocycles. The van der Waals surface area contributed by atoms with E-state index in [9.17, 15) is 13.2 Å². The van der Waals surface area contributed by atoms with Crippen molar-refractivity contribution in [1.29, 1.82) is 0 Å². The number of fused-ring (bicyclic) bond motifs is 3. The fourth-order valence-corrected chi connectivity index (χ4v) is 5.88. The summed E-state index contributed by atoms with van der Waals surface area (Å²) in [7, 11) is 0. The number of piperidine rings is 1. The van der Waals surface area contributed by atoms with Gasteiger partial charge >= 0.3 is 6.18 Å². The highest BCUT2D eigenvalue weighted by molar-refractivity contribution is 5.91. The third kappa shape index (κ3) is 2.28. The minimum Gasteiger partial charge on any atom is -0.332 e. The molecule has 0 radical (unpaired) electrons. The van der Waals surface area contributed by atoms with E-state index >= 15 is 0 Å². The van der Waals surface area contributed by atoms with Crippen LogP contribution in [0.5, 0.6) is 0 Å². The highest BCUT2D eigenvalue weighted by Crippen LogP contribution is 2.57. The van der Waals surface area contributed by atoms with Crippen molar-refractivity contribution in [2.24, 2.45) is 5.41 Å². The normalized spacial score (nSPS) is 26.0. The maximum Gasteiger partial charge on any atom is 0.455 e. The number of rotatable bonds is 2. The minimum absolute atomic E-state index is 0.0696. The molecule has 1 saturated heterocycles. The summed E-state index contributed by atoms with van der Waals surface area (Å²) in [4.78, 5) is 6.30. The second kappa shape index (κ2) is 5.97. The van der Waals surface area contributed by atoms with Gasteiger partial charge in [-0.1, -0.05) is 30.3 Å². The number of hydrogen-bond donors (Lipinski definition) is 0. The molecule has 2 aromatic heterocycles. The van der Waals surface area contributed by atoms with E-state index in [0.717, 1.165) is 49.7 Å². The van der Waals surface area contributed by atoms with Gasteiger partial charge in [-0.25, -0.2) is 0 Å². The van der Waals surface area contributed by atoms with Crippen LogP contribution in [0.2, 0.25) is 0 Å². The Morgan fingerprint density at radius 2 is 2.07 bits per heavy atom. The molecule has 0 aliphatic carbocycles. The van der Waals surface area contributed by atoms with Crippen molar-refractivity contribution in [3.05, 3.63) is 53.3 Å². The Labute approximate surface area is 171 Å². The topological polar surface area (TPSA) is 47.1 Å². The Balaban J connectivity index is 1.67. The molecule has 1 unspecified atom stereocenters. The van der Waals surface area contributed by atoms with Crippen LogP contribution < -0.4 is 0 Å². The van der Waals surface area contributed by atoms with Gasteiger partial charge in [0.25, 0.3) is 11.7 Å². The molecule has 5 heterocycles. The summed E-state index contributed by atoms with van der Waals surface area (Å²) in [6, 6.07) is 8.33. The molecule has 1 fully saturated rings. The zero-order valence-electron chi connectivity index (χ0n) is 16.5. The van der Waals surface area contributed by atoms with Gasteiger partial charge in [0.1, 0.15) is 5.70 Å². The summed E-state index contributed by atoms with van der Waals surface area (Å²) < 4.78 is 46.8. The van der Waals surface area contributed by atoms with Crippen LogP contribution in [0.4, 0.5) is 13.2 Å². The summed E-state index contributed by atoms with van der Waals surface area (Å²) in [6.45, 7) is 4.23. The van der Waals surface area contributed by atoms with E-state index in [1.165, 1.54) is 11.3 Å². The molecule has 5 nitrogen and oxygen atoms in total. The van der Waals surface area contributed by atoms with Gasteiger partial charge in [0.15, 0.2) is 0 Å². The number of hydrogen-bond acceptors (Lipinski definition) is 4. The predicted octanol–water partition coefficient (Wildman–Crippen LogP) is 5.04. The molecular weight excluding hydrogens is 393 g/mol. The number of aromatic nitrogens is 3. The molecule has 0 bridgehead atoms. The van der Waals surface area contributed by atoms with Crippen LogP contribution in [0.25, 0.3) is 16.6 Å². The Bertz CT molecular complexity index is 1190. The molecule has 3 aliphatic rings. The minimum atomic E-state index is -4.64. The van der Waals surface area contributed by atoms with Crippen LogP contribution in [-0.2, 0) is 12.6 Å². The van der Waals surface area contributed by atoms with Gasteiger partial charge in [0.05, 0.1) is 11.6 Å². The van der Waals surface area contributed by atoms with E-state index in [2.05, 4.69) is 38.7 Å². The second-order valence-corrected chi connectivity index (χ2v) is 8.55. The smallest absolute Gasteiger partial charge is 0.332 e. The number of para-hydroxylation sites is 1. The SMILES string of the molecule is CC[C@@]12C=C(c3nc(C(F)(F)F)no3)n3c4c(c5ccccc53)CCN(CCC1)C42. The predicted molar refractivity (Wildman–Crippen MR) is 105 cm³/mol. The lowest BCUT2D eigenvalue weighted by Crippen LogP contribution is -2.50. The van der Waals surface area contributed by atoms with Crippen molar-refractivity contribution in [2.75, 3.05) is 13.1 Å². The zero-order chi connectivity index (χ0) is 20.7. The molecule has 0 saturated carbocycles. The average molecular weight is 414 g/mol. The molecule has 156 valence electrons. The van der Waals surface area contributed by atoms with Crippen LogP contribution in [0, 0.1) is 5.41 Å². The third-order valence-corrected chi connectivity index (χ3v) is 7.15. The number of halogens is 3. The molecule has 0 N–H and O–H groups in total. The van der Waals surface area contributed by atoms with Crippen molar-refractivity contribution < 1.29 is 17.7 Å². The maximum absolute atomic E-state index is 13.2. The zero-order valence-corrected chi connectivity index (χ0v) is 16.5. The summed E-state index contributed by atoms with van der Waals surface area (Å²) in [6.07, 6.45) is 1.38. The average Bonchev–Trinajstić information content (AvgIpc) is 3.36. The van der Waals surface area contributed by atoms with Gasteiger partial charge in [-0.15, -0.1) is 0 Å². The largest absolute Gasteiger partial charge is 0.455 e. The Morgan fingerprint density at radius 3 is 2.83 bits per heavy atom. The van der Waals surface area contributed by atoms with E-state index in [-0.39, 0.29) is 17.3 Å². The van der Waals surface area contributed by atoms with Gasteiger partial charge in [0, 0.05) is 23.0 Å². The molecule has 1 aromatic carbocycles. The first-order valence-corrected chi connectivity index (χ1v) is 10.4. The highest BCUT2D eigenvalue weighted by atomic mass is 19.4. The number of alkyl halides is 3. The van der Waals surface area contributed by atoms with E-state index in [1.54, 1.807) is 0 Å². The summed E-state index contributed by atoms with van der Waals surface area (Å²) in [5.74, 6) is -1.30. The molecule has 0 amide bonds. The van der Waals surface area contributed by atoms with Crippen LogP contribution in [0.1, 0.15) is 55.2 Å². The van der Waals surface area contributed by atoms with Gasteiger partial charge in [-0.2, -0.15) is 18.2 Å². The van der Waals surface area contributed by atoms with E-state index in [1.807, 2.05) is 18.2 Å². The first-order chi connectivity index (χ1) is 14.4. The monoisotopic (exact) mass is 414 g/mol. The van der Waals surface area contributed by atoms with Gasteiger partial charge in [-0.05, 0) is 49.9 Å². The number of benzene rings is 1. The van der Waals surface area contributed by atoms with Crippen molar-refractivity contribution >= 4 is 16.6 Å². The van der Waals surface area contributed by atoms with Crippen LogP contribution in [-0.4, -0.2) is 32.7 Å². The van der Waals surface area contributed by atoms with Gasteiger partial charge in [0.2, 0.25) is 0 Å². The van der Waals surface area contributed by atoms with Crippen LogP contribution in [0.3, 0.4) is 0 Å². The fourth-order valence-electron chi connectivity index (χ4n) is 5.88. The molecule has 6 rings (SSSR count). The summed E-state index contributed by atoms with van der Waals surface area (Å²) >= 11 is 0. The third-order valence-electron chi connectivity index (χ3n) is 7.15. The quantitative estimate of drug-likeness (QED) is 0.590. The lowest BCUT2D eigenvalue weighted by atomic mass is 9.66. The summed E-state index contributed by atoms with van der Waals surface area (Å²) in [5, 5.41) is 4.39. The van der Waals surface area contributed by atoms with Crippen LogP contribution in [0.15, 0.2) is 34.9 Å². The van der Waals surface area contributed by atoms with Gasteiger partial charge in [-0.3, -0.25) is 4.90 Å². The lowest BCUT2D eigenvalue weighted by Gasteiger charge is -2.53. The molecule has 3 aromatic rings.